The number of terminal acetylenes is 1. The predicted molar refractivity (Wildman–Crippen MR) is 107 cm³/mol. The maximum Gasteiger partial charge on any atom is 0.373 e. The Bertz CT molecular complexity index is 907. The van der Waals surface area contributed by atoms with Crippen molar-refractivity contribution in [3.05, 3.63) is 95.6 Å². The molecule has 134 valence electrons. The molecule has 0 amide bonds. The highest BCUT2D eigenvalue weighted by atomic mass is 16.2. The van der Waals surface area contributed by atoms with Crippen LogP contribution in [0.15, 0.2) is 78.9 Å². The molecule has 4 nitrogen and oxygen atoms in total. The van der Waals surface area contributed by atoms with Crippen molar-refractivity contribution >= 4 is 17.5 Å². The Labute approximate surface area is 159 Å². The fourth-order valence-corrected chi connectivity index (χ4v) is 2.46. The normalized spacial score (nSPS) is 9.15. The summed E-state index contributed by atoms with van der Waals surface area (Å²) in [5.74, 6) is 2.65. The smallest absolute Gasteiger partial charge is 0.373 e. The molecule has 0 aliphatic rings. The van der Waals surface area contributed by atoms with Crippen molar-refractivity contribution < 1.29 is 9.59 Å². The number of anilines is 2. The number of hydrogen-bond donors (Lipinski definition) is 2. The zero-order valence-electron chi connectivity index (χ0n) is 14.8. The first-order valence-electron chi connectivity index (χ1n) is 8.41. The highest BCUT2D eigenvalue weighted by Crippen LogP contribution is 2.13. The first-order chi connectivity index (χ1) is 13.2. The number of hydrogen-bond acceptors (Lipinski definition) is 4. The van der Waals surface area contributed by atoms with Crippen LogP contribution >= 0.6 is 0 Å². The summed E-state index contributed by atoms with van der Waals surface area (Å²) in [4.78, 5) is 16.2. The van der Waals surface area contributed by atoms with Crippen LogP contribution in [0, 0.1) is 12.3 Å². The maximum atomic E-state index is 8.12. The molecule has 3 aromatic rings. The monoisotopic (exact) mass is 356 g/mol. The predicted octanol–water partition coefficient (Wildman–Crippen LogP) is 4.31. The summed E-state index contributed by atoms with van der Waals surface area (Å²) < 4.78 is 0. The molecular weight excluding hydrogens is 336 g/mol. The molecule has 3 aromatic carbocycles. The van der Waals surface area contributed by atoms with Crippen LogP contribution in [0.5, 0.6) is 0 Å². The van der Waals surface area contributed by atoms with Gasteiger partial charge in [0.1, 0.15) is 0 Å². The number of carbonyl (C=O) groups excluding carboxylic acids is 2. The average molecular weight is 356 g/mol. The molecule has 0 atom stereocenters. The van der Waals surface area contributed by atoms with Gasteiger partial charge in [-0.1, -0.05) is 54.5 Å². The molecule has 0 aromatic heterocycles. The maximum absolute atomic E-state index is 8.12. The van der Waals surface area contributed by atoms with Crippen LogP contribution in [0.3, 0.4) is 0 Å². The molecule has 0 heterocycles. The van der Waals surface area contributed by atoms with Gasteiger partial charge < -0.3 is 10.6 Å². The van der Waals surface area contributed by atoms with E-state index in [1.54, 1.807) is 0 Å². The summed E-state index contributed by atoms with van der Waals surface area (Å²) >= 11 is 0. The van der Waals surface area contributed by atoms with Crippen molar-refractivity contribution in [1.82, 2.24) is 0 Å². The standard InChI is InChI=1S/C22H20N2.CO2/c1-2-18-7-6-10-22(15-18)24-17-20-13-11-19(12-14-20)16-23-21-8-4-3-5-9-21;2-1-3/h1,3-15,23-24H,16-17H2;. The molecule has 0 unspecified atom stereocenters. The van der Waals surface area contributed by atoms with Crippen molar-refractivity contribution in [2.75, 3.05) is 10.6 Å². The summed E-state index contributed by atoms with van der Waals surface area (Å²) in [7, 11) is 0. The number of para-hydroxylation sites is 1. The van der Waals surface area contributed by atoms with Gasteiger partial charge in [0, 0.05) is 30.0 Å². The third-order valence-corrected chi connectivity index (χ3v) is 3.82. The van der Waals surface area contributed by atoms with Crippen LogP contribution in [-0.4, -0.2) is 6.15 Å². The van der Waals surface area contributed by atoms with E-state index in [4.69, 9.17) is 16.0 Å². The lowest BCUT2D eigenvalue weighted by Crippen LogP contribution is -2.01. The van der Waals surface area contributed by atoms with Crippen molar-refractivity contribution in [1.29, 1.82) is 0 Å². The number of nitrogens with one attached hydrogen (secondary N) is 2. The second kappa shape index (κ2) is 10.9. The van der Waals surface area contributed by atoms with E-state index in [-0.39, 0.29) is 6.15 Å². The van der Waals surface area contributed by atoms with Crippen molar-refractivity contribution in [3.63, 3.8) is 0 Å². The zero-order valence-corrected chi connectivity index (χ0v) is 14.8. The summed E-state index contributed by atoms with van der Waals surface area (Å²) in [6.45, 7) is 1.60. The van der Waals surface area contributed by atoms with E-state index in [1.807, 2.05) is 42.5 Å². The highest BCUT2D eigenvalue weighted by Gasteiger charge is 1.97. The van der Waals surface area contributed by atoms with E-state index in [2.05, 4.69) is 53.0 Å². The highest BCUT2D eigenvalue weighted by molar-refractivity contribution is 5.50. The van der Waals surface area contributed by atoms with E-state index < -0.39 is 0 Å². The Kier molecular flexibility index (Phi) is 7.91. The van der Waals surface area contributed by atoms with E-state index >= 15 is 0 Å². The summed E-state index contributed by atoms with van der Waals surface area (Å²) in [6.07, 6.45) is 5.68. The molecule has 3 rings (SSSR count). The SMILES string of the molecule is C#Cc1cccc(NCc2ccc(CNc3ccccc3)cc2)c1.O=C=O. The summed E-state index contributed by atoms with van der Waals surface area (Å²) in [5.41, 5.74) is 5.57. The minimum Gasteiger partial charge on any atom is -0.381 e. The van der Waals surface area contributed by atoms with Crippen molar-refractivity contribution in [2.45, 2.75) is 13.1 Å². The van der Waals surface area contributed by atoms with Gasteiger partial charge >= 0.3 is 6.15 Å². The minimum atomic E-state index is 0.250. The second-order valence-electron chi connectivity index (χ2n) is 5.70. The zero-order chi connectivity index (χ0) is 19.3. The molecule has 0 spiro atoms. The van der Waals surface area contributed by atoms with Gasteiger partial charge in [0.05, 0.1) is 0 Å². The van der Waals surface area contributed by atoms with Crippen molar-refractivity contribution in [2.24, 2.45) is 0 Å². The molecule has 0 aliphatic heterocycles. The molecule has 2 N–H and O–H groups in total. The van der Waals surface area contributed by atoms with Gasteiger partial charge in [0.25, 0.3) is 0 Å². The Morgan fingerprint density at radius 3 is 1.78 bits per heavy atom. The third kappa shape index (κ3) is 6.91. The summed E-state index contributed by atoms with van der Waals surface area (Å²) in [6, 6.07) is 26.8. The topological polar surface area (TPSA) is 58.2 Å². The van der Waals surface area contributed by atoms with E-state index in [0.717, 1.165) is 30.0 Å². The van der Waals surface area contributed by atoms with Gasteiger partial charge in [-0.15, -0.1) is 6.42 Å². The number of benzene rings is 3. The second-order valence-corrected chi connectivity index (χ2v) is 5.70. The first-order valence-corrected chi connectivity index (χ1v) is 8.41. The number of rotatable bonds is 6. The van der Waals surface area contributed by atoms with E-state index in [0.29, 0.717) is 0 Å². The van der Waals surface area contributed by atoms with Gasteiger partial charge in [-0.2, -0.15) is 9.59 Å². The fourth-order valence-electron chi connectivity index (χ4n) is 2.46. The fraction of sp³-hybridized carbons (Fsp3) is 0.0870. The summed E-state index contributed by atoms with van der Waals surface area (Å²) in [5, 5.41) is 6.82. The molecule has 0 saturated carbocycles. The minimum absolute atomic E-state index is 0.250. The molecule has 0 aliphatic carbocycles. The van der Waals surface area contributed by atoms with Gasteiger partial charge in [0.2, 0.25) is 0 Å². The van der Waals surface area contributed by atoms with Crippen LogP contribution in [0.1, 0.15) is 16.7 Å². The van der Waals surface area contributed by atoms with Crippen LogP contribution in [0.2, 0.25) is 0 Å². The Morgan fingerprint density at radius 2 is 1.22 bits per heavy atom. The molecule has 0 fully saturated rings. The molecule has 4 heteroatoms. The van der Waals surface area contributed by atoms with E-state index in [9.17, 15) is 0 Å². The largest absolute Gasteiger partial charge is 0.381 e. The first kappa shape index (κ1) is 19.5. The Balaban J connectivity index is 0.000000817. The van der Waals surface area contributed by atoms with Crippen LogP contribution < -0.4 is 10.6 Å². The van der Waals surface area contributed by atoms with E-state index in [1.165, 1.54) is 11.1 Å². The Morgan fingerprint density at radius 1 is 0.704 bits per heavy atom. The molecule has 0 radical (unpaired) electrons. The van der Waals surface area contributed by atoms with Crippen LogP contribution in [0.4, 0.5) is 11.4 Å². The van der Waals surface area contributed by atoms with Gasteiger partial charge in [-0.25, -0.2) is 0 Å². The third-order valence-electron chi connectivity index (χ3n) is 3.82. The van der Waals surface area contributed by atoms with Gasteiger partial charge in [-0.05, 0) is 41.5 Å². The lowest BCUT2D eigenvalue weighted by molar-refractivity contribution is -0.191. The molecule has 27 heavy (non-hydrogen) atoms. The molecule has 0 bridgehead atoms. The quantitative estimate of drug-likeness (QED) is 0.646. The van der Waals surface area contributed by atoms with Gasteiger partial charge in [-0.3, -0.25) is 0 Å². The lowest BCUT2D eigenvalue weighted by Gasteiger charge is -2.09. The van der Waals surface area contributed by atoms with Crippen molar-refractivity contribution in [3.8, 4) is 12.3 Å². The molecular formula is C23H20N2O2. The van der Waals surface area contributed by atoms with Gasteiger partial charge in [0.15, 0.2) is 0 Å². The lowest BCUT2D eigenvalue weighted by atomic mass is 10.1. The molecule has 0 saturated heterocycles. The van der Waals surface area contributed by atoms with Crippen LogP contribution in [0.25, 0.3) is 0 Å². The van der Waals surface area contributed by atoms with Crippen LogP contribution in [-0.2, 0) is 22.7 Å². The average Bonchev–Trinajstić information content (AvgIpc) is 2.73. The Hall–Kier alpha value is -3.80.